The van der Waals surface area contributed by atoms with Gasteiger partial charge in [0.1, 0.15) is 5.82 Å². The molecule has 2 aliphatic rings. The van der Waals surface area contributed by atoms with Crippen molar-refractivity contribution >= 4 is 11.7 Å². The van der Waals surface area contributed by atoms with Crippen molar-refractivity contribution < 1.29 is 13.9 Å². The van der Waals surface area contributed by atoms with Gasteiger partial charge >= 0.3 is 6.03 Å². The Morgan fingerprint density at radius 2 is 2.30 bits per heavy atom. The lowest BCUT2D eigenvalue weighted by atomic mass is 9.87. The van der Waals surface area contributed by atoms with Gasteiger partial charge in [-0.25, -0.2) is 13.9 Å². The molecule has 2 fully saturated rings. The molecule has 0 unspecified atom stereocenters. The molecule has 2 aromatic rings. The molecular weight excluding hydrogens is 347 g/mol. The zero-order valence-corrected chi connectivity index (χ0v) is 15.6. The molecule has 1 aromatic heterocycles. The zero-order chi connectivity index (χ0) is 18.9. The van der Waals surface area contributed by atoms with Crippen LogP contribution in [0, 0.1) is 11.2 Å². The molecule has 1 atom stereocenters. The molecule has 2 amide bonds. The molecule has 0 radical (unpaired) electrons. The first-order valence-electron chi connectivity index (χ1n) is 9.57. The summed E-state index contributed by atoms with van der Waals surface area (Å²) >= 11 is 0. The molecule has 1 spiro atoms. The number of ether oxygens (including phenoxy) is 1. The fourth-order valence-electron chi connectivity index (χ4n) is 4.06. The summed E-state index contributed by atoms with van der Waals surface area (Å²) in [6, 6.07) is 6.22. The van der Waals surface area contributed by atoms with Crippen LogP contribution >= 0.6 is 0 Å². The minimum Gasteiger partial charge on any atom is -0.381 e. The lowest BCUT2D eigenvalue weighted by Crippen LogP contribution is -2.35. The van der Waals surface area contributed by atoms with Crippen LogP contribution in [-0.4, -0.2) is 47.0 Å². The summed E-state index contributed by atoms with van der Waals surface area (Å²) in [5.41, 5.74) is 2.36. The van der Waals surface area contributed by atoms with Crippen LogP contribution in [0.15, 0.2) is 30.5 Å². The molecule has 0 aliphatic carbocycles. The Hall–Kier alpha value is -2.41. The Balaban J connectivity index is 1.52. The fraction of sp³-hybridized carbons (Fsp3) is 0.500. The lowest BCUT2D eigenvalue weighted by molar-refractivity contribution is 0.154. The standard InChI is InChI=1S/C20H25FN4O2/c1-2-4-18-17(12-22-25(18)16-6-3-5-15(21)11-16)23-19(26)24-9-7-20(13-24)8-10-27-14-20/h3,5-6,11-12H,2,4,7-10,13-14H2,1H3,(H,23,26)/t20-/m1/s1. The van der Waals surface area contributed by atoms with E-state index in [4.69, 9.17) is 4.74 Å². The number of nitrogens with zero attached hydrogens (tertiary/aromatic N) is 3. The third-order valence-electron chi connectivity index (χ3n) is 5.56. The van der Waals surface area contributed by atoms with Crippen LogP contribution in [0.25, 0.3) is 5.69 Å². The summed E-state index contributed by atoms with van der Waals surface area (Å²) in [5.74, 6) is -0.308. The second-order valence-electron chi connectivity index (χ2n) is 7.55. The van der Waals surface area contributed by atoms with Crippen LogP contribution < -0.4 is 5.32 Å². The monoisotopic (exact) mass is 372 g/mol. The Labute approximate surface area is 158 Å². The van der Waals surface area contributed by atoms with Gasteiger partial charge in [0.05, 0.1) is 29.9 Å². The maximum atomic E-state index is 13.6. The molecular formula is C20H25FN4O2. The van der Waals surface area contributed by atoms with Crippen molar-refractivity contribution in [3.63, 3.8) is 0 Å². The molecule has 144 valence electrons. The third kappa shape index (κ3) is 3.56. The second-order valence-corrected chi connectivity index (χ2v) is 7.55. The van der Waals surface area contributed by atoms with Gasteiger partial charge in [-0.1, -0.05) is 19.4 Å². The molecule has 2 saturated heterocycles. The van der Waals surface area contributed by atoms with Crippen molar-refractivity contribution in [2.75, 3.05) is 31.6 Å². The van der Waals surface area contributed by atoms with Crippen LogP contribution in [0.3, 0.4) is 0 Å². The number of likely N-dealkylation sites (tertiary alicyclic amines) is 1. The van der Waals surface area contributed by atoms with E-state index >= 15 is 0 Å². The summed E-state index contributed by atoms with van der Waals surface area (Å²) in [7, 11) is 0. The SMILES string of the molecule is CCCc1c(NC(=O)N2CC[C@@]3(CCOC3)C2)cnn1-c1cccc(F)c1. The lowest BCUT2D eigenvalue weighted by Gasteiger charge is -2.22. The highest BCUT2D eigenvalue weighted by Crippen LogP contribution is 2.38. The number of benzene rings is 1. The Kier molecular flexibility index (Phi) is 4.86. The highest BCUT2D eigenvalue weighted by molar-refractivity contribution is 5.90. The number of hydrogen-bond acceptors (Lipinski definition) is 3. The first-order chi connectivity index (χ1) is 13.1. The molecule has 27 heavy (non-hydrogen) atoms. The molecule has 7 heteroatoms. The average Bonchev–Trinajstić information content (AvgIpc) is 3.38. The molecule has 6 nitrogen and oxygen atoms in total. The van der Waals surface area contributed by atoms with Crippen LogP contribution in [0.1, 0.15) is 31.9 Å². The topological polar surface area (TPSA) is 59.4 Å². The van der Waals surface area contributed by atoms with Crippen molar-refractivity contribution in [1.82, 2.24) is 14.7 Å². The van der Waals surface area contributed by atoms with Gasteiger partial charge in [-0.05, 0) is 37.5 Å². The van der Waals surface area contributed by atoms with Crippen molar-refractivity contribution in [3.8, 4) is 5.69 Å². The van der Waals surface area contributed by atoms with Crippen LogP contribution in [0.2, 0.25) is 0 Å². The highest BCUT2D eigenvalue weighted by atomic mass is 19.1. The van der Waals surface area contributed by atoms with Crippen LogP contribution in [0.4, 0.5) is 14.9 Å². The predicted molar refractivity (Wildman–Crippen MR) is 101 cm³/mol. The Bertz CT molecular complexity index is 829. The molecule has 4 rings (SSSR count). The van der Waals surface area contributed by atoms with Crippen LogP contribution in [-0.2, 0) is 11.2 Å². The van der Waals surface area contributed by atoms with Gasteiger partial charge in [0.2, 0.25) is 0 Å². The number of rotatable bonds is 4. The zero-order valence-electron chi connectivity index (χ0n) is 15.6. The molecule has 1 aromatic carbocycles. The van der Waals surface area contributed by atoms with Crippen LogP contribution in [0.5, 0.6) is 0 Å². The third-order valence-corrected chi connectivity index (χ3v) is 5.56. The van der Waals surface area contributed by atoms with Gasteiger partial charge in [0.15, 0.2) is 0 Å². The predicted octanol–water partition coefficient (Wildman–Crippen LogP) is 3.61. The molecule has 3 heterocycles. The first-order valence-corrected chi connectivity index (χ1v) is 9.57. The minimum atomic E-state index is -0.308. The first kappa shape index (κ1) is 18.0. The fourth-order valence-corrected chi connectivity index (χ4v) is 4.06. The van der Waals surface area contributed by atoms with Gasteiger partial charge in [0, 0.05) is 25.1 Å². The van der Waals surface area contributed by atoms with E-state index < -0.39 is 0 Å². The number of carbonyl (C=O) groups is 1. The van der Waals surface area contributed by atoms with Gasteiger partial charge in [-0.3, -0.25) is 0 Å². The van der Waals surface area contributed by atoms with E-state index in [9.17, 15) is 9.18 Å². The normalized spacial score (nSPS) is 21.9. The second kappa shape index (κ2) is 7.31. The van der Waals surface area contributed by atoms with Gasteiger partial charge in [-0.15, -0.1) is 0 Å². The average molecular weight is 372 g/mol. The van der Waals surface area contributed by atoms with E-state index in [1.54, 1.807) is 16.9 Å². The van der Waals surface area contributed by atoms with E-state index in [1.807, 2.05) is 11.0 Å². The van der Waals surface area contributed by atoms with Crippen molar-refractivity contribution in [1.29, 1.82) is 0 Å². The number of nitrogens with one attached hydrogen (secondary N) is 1. The molecule has 0 bridgehead atoms. The highest BCUT2D eigenvalue weighted by Gasteiger charge is 2.42. The number of carbonyl (C=O) groups excluding carboxylic acids is 1. The number of hydrogen-bond donors (Lipinski definition) is 1. The van der Waals surface area contributed by atoms with E-state index in [2.05, 4.69) is 17.3 Å². The smallest absolute Gasteiger partial charge is 0.321 e. The summed E-state index contributed by atoms with van der Waals surface area (Å²) < 4.78 is 20.9. The van der Waals surface area contributed by atoms with Gasteiger partial charge in [-0.2, -0.15) is 5.10 Å². The van der Waals surface area contributed by atoms with Crippen molar-refractivity contribution in [2.45, 2.75) is 32.6 Å². The van der Waals surface area contributed by atoms with Crippen molar-refractivity contribution in [3.05, 3.63) is 42.0 Å². The Morgan fingerprint density at radius 1 is 1.41 bits per heavy atom. The van der Waals surface area contributed by atoms with E-state index in [1.165, 1.54) is 12.1 Å². The van der Waals surface area contributed by atoms with E-state index in [-0.39, 0.29) is 17.3 Å². The summed E-state index contributed by atoms with van der Waals surface area (Å²) in [4.78, 5) is 14.7. The maximum absolute atomic E-state index is 13.6. The number of amides is 2. The molecule has 1 N–H and O–H groups in total. The maximum Gasteiger partial charge on any atom is 0.321 e. The minimum absolute atomic E-state index is 0.102. The van der Waals surface area contributed by atoms with Gasteiger partial charge < -0.3 is 15.0 Å². The summed E-state index contributed by atoms with van der Waals surface area (Å²) in [6.07, 6.45) is 5.30. The van der Waals surface area contributed by atoms with E-state index in [0.717, 1.165) is 57.7 Å². The van der Waals surface area contributed by atoms with E-state index in [0.29, 0.717) is 11.4 Å². The van der Waals surface area contributed by atoms with Gasteiger partial charge in [0.25, 0.3) is 0 Å². The molecule has 2 aliphatic heterocycles. The number of aromatic nitrogens is 2. The quantitative estimate of drug-likeness (QED) is 0.892. The summed E-state index contributed by atoms with van der Waals surface area (Å²) in [5, 5.41) is 7.41. The summed E-state index contributed by atoms with van der Waals surface area (Å²) in [6.45, 7) is 5.08. The largest absolute Gasteiger partial charge is 0.381 e. The molecule has 0 saturated carbocycles. The number of halogens is 1. The Morgan fingerprint density at radius 3 is 3.04 bits per heavy atom. The number of urea groups is 1. The number of anilines is 1. The van der Waals surface area contributed by atoms with Crippen molar-refractivity contribution in [2.24, 2.45) is 5.41 Å².